The molecule has 0 bridgehead atoms. The number of carbonyl (C=O) groups is 1. The molecule has 1 aromatic heterocycles. The average molecular weight is 287 g/mol. The molecule has 1 aromatic rings. The molecule has 1 aliphatic rings. The molecule has 0 radical (unpaired) electrons. The summed E-state index contributed by atoms with van der Waals surface area (Å²) >= 11 is 0. The van der Waals surface area contributed by atoms with Gasteiger partial charge in [-0.2, -0.15) is 9.82 Å². The standard InChI is InChI=1S/C11H17N3O4S/c1-2-14-8-9(7-12-14)19(17,18)13-11(10(15)16)5-3-4-6-11/h7-8,13H,2-6H2,1H3,(H,15,16). The zero-order valence-electron chi connectivity index (χ0n) is 10.7. The fourth-order valence-corrected chi connectivity index (χ4v) is 3.68. The van der Waals surface area contributed by atoms with Gasteiger partial charge in [-0.05, 0) is 19.8 Å². The Morgan fingerprint density at radius 3 is 2.63 bits per heavy atom. The van der Waals surface area contributed by atoms with Gasteiger partial charge in [0.05, 0.1) is 6.20 Å². The third-order valence-electron chi connectivity index (χ3n) is 3.44. The fraction of sp³-hybridized carbons (Fsp3) is 0.636. The van der Waals surface area contributed by atoms with E-state index in [0.29, 0.717) is 32.2 Å². The van der Waals surface area contributed by atoms with Crippen LogP contribution in [0, 0.1) is 0 Å². The minimum Gasteiger partial charge on any atom is -0.480 e. The Labute approximate surface area is 111 Å². The van der Waals surface area contributed by atoms with E-state index in [4.69, 9.17) is 0 Å². The van der Waals surface area contributed by atoms with Crippen LogP contribution in [-0.2, 0) is 21.4 Å². The van der Waals surface area contributed by atoms with Crippen LogP contribution in [0.4, 0.5) is 0 Å². The number of hydrogen-bond acceptors (Lipinski definition) is 4. The van der Waals surface area contributed by atoms with Crippen molar-refractivity contribution >= 4 is 16.0 Å². The molecule has 1 saturated carbocycles. The van der Waals surface area contributed by atoms with E-state index in [-0.39, 0.29) is 4.90 Å². The van der Waals surface area contributed by atoms with Crippen molar-refractivity contribution in [2.24, 2.45) is 0 Å². The zero-order chi connectivity index (χ0) is 14.1. The van der Waals surface area contributed by atoms with Gasteiger partial charge in [0.15, 0.2) is 0 Å². The lowest BCUT2D eigenvalue weighted by atomic mass is 10.0. The fourth-order valence-electron chi connectivity index (χ4n) is 2.31. The summed E-state index contributed by atoms with van der Waals surface area (Å²) in [5.74, 6) is -1.11. The highest BCUT2D eigenvalue weighted by molar-refractivity contribution is 7.89. The summed E-state index contributed by atoms with van der Waals surface area (Å²) in [6.45, 7) is 2.39. The first-order valence-electron chi connectivity index (χ1n) is 6.19. The van der Waals surface area contributed by atoms with Gasteiger partial charge in [0.2, 0.25) is 10.0 Å². The third-order valence-corrected chi connectivity index (χ3v) is 4.93. The zero-order valence-corrected chi connectivity index (χ0v) is 11.5. The molecule has 0 atom stereocenters. The Morgan fingerprint density at radius 1 is 1.53 bits per heavy atom. The van der Waals surface area contributed by atoms with Crippen LogP contribution in [0.25, 0.3) is 0 Å². The quantitative estimate of drug-likeness (QED) is 0.825. The van der Waals surface area contributed by atoms with Crippen LogP contribution >= 0.6 is 0 Å². The van der Waals surface area contributed by atoms with Crippen molar-refractivity contribution in [1.29, 1.82) is 0 Å². The Bertz CT molecular complexity index is 573. The van der Waals surface area contributed by atoms with Crippen LogP contribution in [0.5, 0.6) is 0 Å². The number of aryl methyl sites for hydroxylation is 1. The van der Waals surface area contributed by atoms with Crippen molar-refractivity contribution in [2.75, 3.05) is 0 Å². The van der Waals surface area contributed by atoms with Crippen LogP contribution in [0.2, 0.25) is 0 Å². The van der Waals surface area contributed by atoms with Gasteiger partial charge >= 0.3 is 5.97 Å². The maximum absolute atomic E-state index is 12.2. The lowest BCUT2D eigenvalue weighted by molar-refractivity contribution is -0.143. The summed E-state index contributed by atoms with van der Waals surface area (Å²) in [6.07, 6.45) is 4.70. The Morgan fingerprint density at radius 2 is 2.16 bits per heavy atom. The molecule has 0 spiro atoms. The second-order valence-corrected chi connectivity index (χ2v) is 6.41. The predicted molar refractivity (Wildman–Crippen MR) is 67.1 cm³/mol. The van der Waals surface area contributed by atoms with Gasteiger partial charge in [-0.25, -0.2) is 8.42 Å². The Hall–Kier alpha value is -1.41. The molecule has 1 heterocycles. The van der Waals surface area contributed by atoms with E-state index in [1.807, 2.05) is 6.92 Å². The highest BCUT2D eigenvalue weighted by Crippen LogP contribution is 2.31. The SMILES string of the molecule is CCn1cc(S(=O)(=O)NC2(C(=O)O)CCCC2)cn1. The van der Waals surface area contributed by atoms with E-state index in [0.717, 1.165) is 0 Å². The maximum atomic E-state index is 12.2. The molecule has 0 aromatic carbocycles. The molecule has 0 amide bonds. The van der Waals surface area contributed by atoms with Crippen molar-refractivity contribution in [3.05, 3.63) is 12.4 Å². The Kier molecular flexibility index (Phi) is 3.64. The number of sulfonamides is 1. The van der Waals surface area contributed by atoms with Crippen LogP contribution in [0.15, 0.2) is 17.3 Å². The first-order chi connectivity index (χ1) is 8.89. The van der Waals surface area contributed by atoms with E-state index >= 15 is 0 Å². The first-order valence-corrected chi connectivity index (χ1v) is 7.68. The van der Waals surface area contributed by atoms with E-state index in [1.165, 1.54) is 17.1 Å². The van der Waals surface area contributed by atoms with E-state index in [2.05, 4.69) is 9.82 Å². The molecular weight excluding hydrogens is 270 g/mol. The smallest absolute Gasteiger partial charge is 0.324 e. The highest BCUT2D eigenvalue weighted by atomic mass is 32.2. The molecule has 1 aliphatic carbocycles. The van der Waals surface area contributed by atoms with E-state index in [1.54, 1.807) is 0 Å². The van der Waals surface area contributed by atoms with Crippen LogP contribution in [0.1, 0.15) is 32.6 Å². The molecule has 7 nitrogen and oxygen atoms in total. The van der Waals surface area contributed by atoms with Gasteiger partial charge in [0.25, 0.3) is 0 Å². The molecule has 8 heteroatoms. The molecule has 0 aliphatic heterocycles. The van der Waals surface area contributed by atoms with Gasteiger partial charge in [0, 0.05) is 12.7 Å². The summed E-state index contributed by atoms with van der Waals surface area (Å²) in [7, 11) is -3.85. The van der Waals surface area contributed by atoms with Crippen molar-refractivity contribution in [3.8, 4) is 0 Å². The van der Waals surface area contributed by atoms with E-state index in [9.17, 15) is 18.3 Å². The van der Waals surface area contributed by atoms with Crippen LogP contribution in [-0.4, -0.2) is 34.8 Å². The first kappa shape index (κ1) is 14.0. The summed E-state index contributed by atoms with van der Waals surface area (Å²) in [6, 6.07) is 0. The van der Waals surface area contributed by atoms with Gasteiger partial charge < -0.3 is 5.11 Å². The van der Waals surface area contributed by atoms with Crippen LogP contribution in [0.3, 0.4) is 0 Å². The summed E-state index contributed by atoms with van der Waals surface area (Å²) in [4.78, 5) is 11.3. The van der Waals surface area contributed by atoms with Crippen molar-refractivity contribution in [3.63, 3.8) is 0 Å². The number of nitrogens with zero attached hydrogens (tertiary/aromatic N) is 2. The molecule has 106 valence electrons. The van der Waals surface area contributed by atoms with Gasteiger partial charge in [0.1, 0.15) is 10.4 Å². The summed E-state index contributed by atoms with van der Waals surface area (Å²) in [5, 5.41) is 13.2. The molecule has 0 unspecified atom stereocenters. The minimum atomic E-state index is -3.85. The van der Waals surface area contributed by atoms with Crippen molar-refractivity contribution in [2.45, 2.75) is 49.6 Å². The Balaban J connectivity index is 2.27. The number of carboxylic acid groups (broad SMARTS) is 1. The molecule has 2 N–H and O–H groups in total. The van der Waals surface area contributed by atoms with Gasteiger partial charge in [-0.1, -0.05) is 12.8 Å². The average Bonchev–Trinajstić information content (AvgIpc) is 2.96. The largest absolute Gasteiger partial charge is 0.480 e. The lowest BCUT2D eigenvalue weighted by Gasteiger charge is -2.24. The normalized spacial score (nSPS) is 18.6. The monoisotopic (exact) mass is 287 g/mol. The van der Waals surface area contributed by atoms with Crippen LogP contribution < -0.4 is 4.72 Å². The molecule has 1 fully saturated rings. The van der Waals surface area contributed by atoms with E-state index < -0.39 is 21.5 Å². The van der Waals surface area contributed by atoms with Gasteiger partial charge in [-0.3, -0.25) is 9.48 Å². The number of rotatable bonds is 5. The molecule has 2 rings (SSSR count). The minimum absolute atomic E-state index is 0.00174. The number of aliphatic carboxylic acids is 1. The summed E-state index contributed by atoms with van der Waals surface area (Å²) in [5.41, 5.74) is -1.37. The van der Waals surface area contributed by atoms with Crippen molar-refractivity contribution in [1.82, 2.24) is 14.5 Å². The summed E-state index contributed by atoms with van der Waals surface area (Å²) < 4.78 is 28.2. The number of nitrogens with one attached hydrogen (secondary N) is 1. The third kappa shape index (κ3) is 2.64. The number of hydrogen-bond donors (Lipinski definition) is 2. The predicted octanol–water partition coefficient (Wildman–Crippen LogP) is 0.579. The number of carboxylic acids is 1. The van der Waals surface area contributed by atoms with Crippen molar-refractivity contribution < 1.29 is 18.3 Å². The maximum Gasteiger partial charge on any atom is 0.324 e. The molecule has 0 saturated heterocycles. The number of aromatic nitrogens is 2. The second kappa shape index (κ2) is 4.93. The highest BCUT2D eigenvalue weighted by Gasteiger charge is 2.44. The molecular formula is C11H17N3O4S. The van der Waals surface area contributed by atoms with Gasteiger partial charge in [-0.15, -0.1) is 0 Å². The second-order valence-electron chi connectivity index (χ2n) is 4.73. The topological polar surface area (TPSA) is 101 Å². The lowest BCUT2D eigenvalue weighted by Crippen LogP contribution is -2.52. The molecule has 19 heavy (non-hydrogen) atoms.